The molecule has 1 amide bonds. The maximum atomic E-state index is 14.1. The molecule has 2 aliphatic heterocycles. The number of nitrogens with zero attached hydrogens (tertiary/aromatic N) is 2. The van der Waals surface area contributed by atoms with Crippen molar-refractivity contribution < 1.29 is 23.4 Å². The van der Waals surface area contributed by atoms with E-state index in [1.165, 1.54) is 0 Å². The lowest BCUT2D eigenvalue weighted by Crippen LogP contribution is -2.59. The Kier molecular flexibility index (Phi) is 5.73. The van der Waals surface area contributed by atoms with Gasteiger partial charge in [0.15, 0.2) is 11.6 Å². The SMILES string of the molecule is N#Cc1cc(F)c(F)cc1C1(O)CC2CCCC(C1)N2C(=O)OCC1c2ccccc2-c2ccccc21. The van der Waals surface area contributed by atoms with E-state index in [0.717, 1.165) is 40.8 Å². The molecule has 1 aliphatic carbocycles. The topological polar surface area (TPSA) is 73.6 Å². The summed E-state index contributed by atoms with van der Waals surface area (Å²) in [6, 6.07) is 19.3. The zero-order valence-corrected chi connectivity index (χ0v) is 20.2. The molecule has 0 radical (unpaired) electrons. The number of ether oxygens (including phenoxy) is 1. The quantitative estimate of drug-likeness (QED) is 0.480. The predicted molar refractivity (Wildman–Crippen MR) is 133 cm³/mol. The molecule has 6 rings (SSSR count). The van der Waals surface area contributed by atoms with E-state index in [1.807, 2.05) is 30.3 Å². The molecule has 3 aromatic carbocycles. The molecule has 5 nitrogen and oxygen atoms in total. The van der Waals surface area contributed by atoms with E-state index in [2.05, 4.69) is 24.3 Å². The van der Waals surface area contributed by atoms with Gasteiger partial charge in [0.2, 0.25) is 0 Å². The molecular formula is C30H26F2N2O3. The first-order valence-corrected chi connectivity index (χ1v) is 12.6. The molecule has 0 aromatic heterocycles. The average Bonchev–Trinajstić information content (AvgIpc) is 3.21. The van der Waals surface area contributed by atoms with Crippen LogP contribution >= 0.6 is 0 Å². The van der Waals surface area contributed by atoms with Crippen molar-refractivity contribution in [3.63, 3.8) is 0 Å². The number of fused-ring (bicyclic) bond motifs is 5. The van der Waals surface area contributed by atoms with Crippen molar-refractivity contribution >= 4 is 6.09 Å². The third kappa shape index (κ3) is 3.87. The van der Waals surface area contributed by atoms with Gasteiger partial charge in [0, 0.05) is 36.4 Å². The van der Waals surface area contributed by atoms with Gasteiger partial charge in [0.25, 0.3) is 0 Å². The number of benzene rings is 3. The van der Waals surface area contributed by atoms with Crippen molar-refractivity contribution in [3.8, 4) is 17.2 Å². The summed E-state index contributed by atoms with van der Waals surface area (Å²) >= 11 is 0. The molecule has 0 spiro atoms. The number of carbonyl (C=O) groups is 1. The minimum Gasteiger partial charge on any atom is -0.448 e. The molecule has 2 heterocycles. The fraction of sp³-hybridized carbons (Fsp3) is 0.333. The standard InChI is InChI=1S/C30H26F2N2O3/c31-27-12-18(16-33)26(13-28(27)32)30(36)14-19-6-5-7-20(15-30)34(19)29(35)37-17-25-23-10-3-1-8-21(23)22-9-2-4-11-24(22)25/h1-4,8-13,19-20,25,36H,5-7,14-15,17H2. The van der Waals surface area contributed by atoms with Crippen LogP contribution in [0.15, 0.2) is 60.7 Å². The molecule has 3 aromatic rings. The van der Waals surface area contributed by atoms with Crippen LogP contribution in [0.25, 0.3) is 11.1 Å². The van der Waals surface area contributed by atoms with Crippen LogP contribution in [0.5, 0.6) is 0 Å². The van der Waals surface area contributed by atoms with Gasteiger partial charge in [-0.1, -0.05) is 48.5 Å². The third-order valence-electron chi connectivity index (χ3n) is 8.24. The number of carbonyl (C=O) groups excluding carboxylic acids is 1. The largest absolute Gasteiger partial charge is 0.448 e. The van der Waals surface area contributed by atoms with Crippen LogP contribution in [0.2, 0.25) is 0 Å². The molecule has 2 bridgehead atoms. The van der Waals surface area contributed by atoms with Gasteiger partial charge in [0.05, 0.1) is 17.2 Å². The van der Waals surface area contributed by atoms with Crippen LogP contribution in [0.1, 0.15) is 60.3 Å². The first-order chi connectivity index (χ1) is 17.9. The van der Waals surface area contributed by atoms with E-state index in [9.17, 15) is 23.9 Å². The van der Waals surface area contributed by atoms with Crippen LogP contribution in [0, 0.1) is 23.0 Å². The summed E-state index contributed by atoms with van der Waals surface area (Å²) in [5.74, 6) is -2.29. The molecule has 3 aliphatic rings. The third-order valence-corrected chi connectivity index (χ3v) is 8.24. The van der Waals surface area contributed by atoms with Gasteiger partial charge in [-0.05, 0) is 53.6 Å². The maximum absolute atomic E-state index is 14.1. The second-order valence-electron chi connectivity index (χ2n) is 10.3. The number of hydrogen-bond acceptors (Lipinski definition) is 4. The van der Waals surface area contributed by atoms with Crippen LogP contribution in [0.3, 0.4) is 0 Å². The van der Waals surface area contributed by atoms with Gasteiger partial charge in [-0.25, -0.2) is 13.6 Å². The zero-order chi connectivity index (χ0) is 25.7. The first-order valence-electron chi connectivity index (χ1n) is 12.6. The molecule has 2 saturated heterocycles. The summed E-state index contributed by atoms with van der Waals surface area (Å²) < 4.78 is 33.8. The Hall–Kier alpha value is -3.76. The van der Waals surface area contributed by atoms with Crippen molar-refractivity contribution in [2.24, 2.45) is 0 Å². The zero-order valence-electron chi connectivity index (χ0n) is 20.2. The molecule has 188 valence electrons. The molecule has 0 saturated carbocycles. The smallest absolute Gasteiger partial charge is 0.410 e. The Morgan fingerprint density at radius 1 is 1.00 bits per heavy atom. The molecule has 2 unspecified atom stereocenters. The molecule has 1 N–H and O–H groups in total. The molecule has 2 atom stereocenters. The fourth-order valence-corrected chi connectivity index (χ4v) is 6.64. The minimum atomic E-state index is -1.53. The lowest BCUT2D eigenvalue weighted by atomic mass is 9.71. The highest BCUT2D eigenvalue weighted by Crippen LogP contribution is 2.47. The number of hydrogen-bond donors (Lipinski definition) is 1. The summed E-state index contributed by atoms with van der Waals surface area (Å²) in [4.78, 5) is 15.1. The number of halogens is 2. The van der Waals surface area contributed by atoms with E-state index < -0.39 is 23.3 Å². The van der Waals surface area contributed by atoms with E-state index in [0.29, 0.717) is 12.8 Å². The molecule has 7 heteroatoms. The van der Waals surface area contributed by atoms with Crippen LogP contribution in [0.4, 0.5) is 13.6 Å². The lowest BCUT2D eigenvalue weighted by Gasteiger charge is -2.51. The van der Waals surface area contributed by atoms with Gasteiger partial charge in [-0.2, -0.15) is 5.26 Å². The highest BCUT2D eigenvalue weighted by molar-refractivity contribution is 5.79. The number of piperidine rings is 2. The van der Waals surface area contributed by atoms with Gasteiger partial charge in [0.1, 0.15) is 6.61 Å². The Labute approximate surface area is 213 Å². The number of rotatable bonds is 3. The highest BCUT2D eigenvalue weighted by atomic mass is 19.2. The lowest BCUT2D eigenvalue weighted by molar-refractivity contribution is -0.0893. The van der Waals surface area contributed by atoms with Gasteiger partial charge in [-0.15, -0.1) is 0 Å². The van der Waals surface area contributed by atoms with Crippen molar-refractivity contribution in [2.75, 3.05) is 6.61 Å². The number of amides is 1. The van der Waals surface area contributed by atoms with Crippen LogP contribution in [-0.2, 0) is 10.3 Å². The second kappa shape index (κ2) is 8.97. The van der Waals surface area contributed by atoms with Gasteiger partial charge < -0.3 is 14.7 Å². The Bertz CT molecular complexity index is 1370. The van der Waals surface area contributed by atoms with E-state index in [4.69, 9.17) is 4.74 Å². The Balaban J connectivity index is 1.23. The minimum absolute atomic E-state index is 0.0571. The average molecular weight is 501 g/mol. The second-order valence-corrected chi connectivity index (χ2v) is 10.3. The van der Waals surface area contributed by atoms with Crippen LogP contribution in [-0.4, -0.2) is 34.8 Å². The van der Waals surface area contributed by atoms with E-state index in [1.54, 1.807) is 4.90 Å². The fourth-order valence-electron chi connectivity index (χ4n) is 6.64. The van der Waals surface area contributed by atoms with Crippen LogP contribution < -0.4 is 0 Å². The van der Waals surface area contributed by atoms with Gasteiger partial charge >= 0.3 is 6.09 Å². The van der Waals surface area contributed by atoms with Crippen molar-refractivity contribution in [1.82, 2.24) is 4.90 Å². The molecule has 37 heavy (non-hydrogen) atoms. The predicted octanol–water partition coefficient (Wildman–Crippen LogP) is 5.99. The summed E-state index contributed by atoms with van der Waals surface area (Å²) in [7, 11) is 0. The highest BCUT2D eigenvalue weighted by Gasteiger charge is 2.49. The normalized spacial score (nSPS) is 24.2. The Morgan fingerprint density at radius 3 is 2.16 bits per heavy atom. The number of aliphatic hydroxyl groups is 1. The monoisotopic (exact) mass is 500 g/mol. The van der Waals surface area contributed by atoms with E-state index >= 15 is 0 Å². The maximum Gasteiger partial charge on any atom is 0.410 e. The Morgan fingerprint density at radius 2 is 1.57 bits per heavy atom. The summed E-state index contributed by atoms with van der Waals surface area (Å²) in [5.41, 5.74) is 3.03. The van der Waals surface area contributed by atoms with Crippen molar-refractivity contribution in [3.05, 3.63) is 94.6 Å². The van der Waals surface area contributed by atoms with Gasteiger partial charge in [-0.3, -0.25) is 0 Å². The summed E-state index contributed by atoms with van der Waals surface area (Å²) in [5, 5.41) is 21.1. The van der Waals surface area contributed by atoms with E-state index in [-0.39, 0.29) is 48.6 Å². The summed E-state index contributed by atoms with van der Waals surface area (Å²) in [6.07, 6.45) is 2.05. The number of nitriles is 1. The molecule has 2 fully saturated rings. The summed E-state index contributed by atoms with van der Waals surface area (Å²) in [6.45, 7) is 0.203. The first kappa shape index (κ1) is 23.6. The molecular weight excluding hydrogens is 474 g/mol. The van der Waals surface area contributed by atoms with Crippen molar-refractivity contribution in [1.29, 1.82) is 5.26 Å². The van der Waals surface area contributed by atoms with Crippen molar-refractivity contribution in [2.45, 2.75) is 55.7 Å².